The van der Waals surface area contributed by atoms with Crippen LogP contribution in [0.5, 0.6) is 0 Å². The van der Waals surface area contributed by atoms with Crippen molar-refractivity contribution in [3.63, 3.8) is 0 Å². The first-order valence-corrected chi connectivity index (χ1v) is 7.19. The predicted molar refractivity (Wildman–Crippen MR) is 76.0 cm³/mol. The van der Waals surface area contributed by atoms with Crippen molar-refractivity contribution in [1.29, 1.82) is 0 Å². The number of thiophene rings is 1. The number of aromatic nitrogens is 2. The summed E-state index contributed by atoms with van der Waals surface area (Å²) >= 11 is 1.65. The molecule has 2 heterocycles. The molecule has 21 heavy (non-hydrogen) atoms. The van der Waals surface area contributed by atoms with E-state index in [0.29, 0.717) is 29.9 Å². The molecule has 0 unspecified atom stereocenters. The summed E-state index contributed by atoms with van der Waals surface area (Å²) in [6, 6.07) is 7.52. The molecule has 7 heteroatoms. The van der Waals surface area contributed by atoms with Gasteiger partial charge < -0.3 is 10.3 Å². The molecule has 0 aliphatic rings. The molecule has 0 bridgehead atoms. The number of halogens is 3. The van der Waals surface area contributed by atoms with E-state index in [4.69, 9.17) is 0 Å². The minimum Gasteiger partial charge on any atom is -0.341 e. The van der Waals surface area contributed by atoms with Crippen molar-refractivity contribution < 1.29 is 13.2 Å². The van der Waals surface area contributed by atoms with E-state index in [1.807, 2.05) is 17.5 Å². The molecular formula is C14H12F3N3S. The maximum atomic E-state index is 12.6. The Kier molecular flexibility index (Phi) is 3.69. The third-order valence-electron chi connectivity index (χ3n) is 3.03. The summed E-state index contributed by atoms with van der Waals surface area (Å²) in [5.41, 5.74) is 0.269. The molecule has 110 valence electrons. The lowest BCUT2D eigenvalue weighted by Gasteiger charge is -2.05. The van der Waals surface area contributed by atoms with Gasteiger partial charge >= 0.3 is 6.18 Å². The highest BCUT2D eigenvalue weighted by Crippen LogP contribution is 2.30. The first-order valence-electron chi connectivity index (χ1n) is 6.31. The summed E-state index contributed by atoms with van der Waals surface area (Å²) in [6.45, 7) is 1.19. The summed E-state index contributed by atoms with van der Waals surface area (Å²) < 4.78 is 37.9. The number of imidazole rings is 1. The first-order chi connectivity index (χ1) is 10.0. The van der Waals surface area contributed by atoms with Crippen molar-refractivity contribution in [1.82, 2.24) is 15.3 Å². The molecule has 0 aliphatic heterocycles. The number of benzene rings is 1. The summed E-state index contributed by atoms with van der Waals surface area (Å²) in [6.07, 6.45) is -4.34. The number of H-pyrrole nitrogens is 1. The summed E-state index contributed by atoms with van der Waals surface area (Å²) in [7, 11) is 0. The van der Waals surface area contributed by atoms with E-state index in [9.17, 15) is 13.2 Å². The number of hydrogen-bond acceptors (Lipinski definition) is 3. The minimum absolute atomic E-state index is 0.401. The Morgan fingerprint density at radius 2 is 2.05 bits per heavy atom. The second-order valence-corrected chi connectivity index (χ2v) is 5.63. The lowest BCUT2D eigenvalue weighted by Crippen LogP contribution is -2.12. The highest BCUT2D eigenvalue weighted by molar-refractivity contribution is 7.09. The van der Waals surface area contributed by atoms with Gasteiger partial charge in [0.15, 0.2) is 0 Å². The maximum Gasteiger partial charge on any atom is 0.416 e. The minimum atomic E-state index is -4.34. The standard InChI is InChI=1S/C14H12F3N3S/c15-14(16,17)9-3-4-11-12(6-9)20-13(19-11)8-18-7-10-2-1-5-21-10/h1-6,18H,7-8H2,(H,19,20). The average molecular weight is 311 g/mol. The summed E-state index contributed by atoms with van der Waals surface area (Å²) in [4.78, 5) is 8.39. The van der Waals surface area contributed by atoms with E-state index in [1.165, 1.54) is 10.9 Å². The van der Waals surface area contributed by atoms with Crippen LogP contribution in [0.2, 0.25) is 0 Å². The van der Waals surface area contributed by atoms with Crippen LogP contribution >= 0.6 is 11.3 Å². The van der Waals surface area contributed by atoms with Crippen LogP contribution in [0.15, 0.2) is 35.7 Å². The molecule has 2 N–H and O–H groups in total. The van der Waals surface area contributed by atoms with Crippen LogP contribution in [0.1, 0.15) is 16.3 Å². The molecule has 2 aromatic heterocycles. The van der Waals surface area contributed by atoms with Crippen molar-refractivity contribution in [2.24, 2.45) is 0 Å². The number of rotatable bonds is 4. The Bertz CT molecular complexity index is 732. The summed E-state index contributed by atoms with van der Waals surface area (Å²) in [5, 5.41) is 5.20. The van der Waals surface area contributed by atoms with Crippen LogP contribution < -0.4 is 5.32 Å². The number of nitrogens with zero attached hydrogens (tertiary/aromatic N) is 1. The molecule has 3 aromatic rings. The number of fused-ring (bicyclic) bond motifs is 1. The molecule has 3 nitrogen and oxygen atoms in total. The third kappa shape index (κ3) is 3.25. The van der Waals surface area contributed by atoms with Gasteiger partial charge in [0, 0.05) is 11.4 Å². The normalized spacial score (nSPS) is 12.1. The molecule has 0 saturated carbocycles. The quantitative estimate of drug-likeness (QED) is 0.766. The molecule has 0 amide bonds. The van der Waals surface area contributed by atoms with Gasteiger partial charge in [0.1, 0.15) is 5.82 Å². The van der Waals surface area contributed by atoms with Crippen LogP contribution in [0.3, 0.4) is 0 Å². The third-order valence-corrected chi connectivity index (χ3v) is 3.91. The fourth-order valence-electron chi connectivity index (χ4n) is 2.04. The second kappa shape index (κ2) is 5.50. The van der Waals surface area contributed by atoms with E-state index < -0.39 is 11.7 Å². The van der Waals surface area contributed by atoms with Gasteiger partial charge in [-0.05, 0) is 29.6 Å². The van der Waals surface area contributed by atoms with Gasteiger partial charge in [-0.15, -0.1) is 11.3 Å². The van der Waals surface area contributed by atoms with Crippen molar-refractivity contribution in [2.45, 2.75) is 19.3 Å². The van der Waals surface area contributed by atoms with Crippen molar-refractivity contribution in [3.05, 3.63) is 52.0 Å². The van der Waals surface area contributed by atoms with Gasteiger partial charge in [0.25, 0.3) is 0 Å². The molecule has 0 radical (unpaired) electrons. The Balaban J connectivity index is 1.72. The fraction of sp³-hybridized carbons (Fsp3) is 0.214. The highest BCUT2D eigenvalue weighted by atomic mass is 32.1. The van der Waals surface area contributed by atoms with Gasteiger partial charge in [-0.2, -0.15) is 13.2 Å². The first kappa shape index (κ1) is 14.1. The fourth-order valence-corrected chi connectivity index (χ4v) is 2.71. The van der Waals surface area contributed by atoms with Gasteiger partial charge in [0.2, 0.25) is 0 Å². The van der Waals surface area contributed by atoms with E-state index in [0.717, 1.165) is 12.1 Å². The number of nitrogens with one attached hydrogen (secondary N) is 2. The van der Waals surface area contributed by atoms with Gasteiger partial charge in [0.05, 0.1) is 23.1 Å². The largest absolute Gasteiger partial charge is 0.416 e. The molecule has 0 atom stereocenters. The molecule has 0 saturated heterocycles. The smallest absolute Gasteiger partial charge is 0.341 e. The van der Waals surface area contributed by atoms with Gasteiger partial charge in [-0.3, -0.25) is 0 Å². The van der Waals surface area contributed by atoms with E-state index in [1.54, 1.807) is 11.3 Å². The highest BCUT2D eigenvalue weighted by Gasteiger charge is 2.30. The zero-order valence-corrected chi connectivity index (χ0v) is 11.7. The molecule has 0 aliphatic carbocycles. The molecule has 0 spiro atoms. The van der Waals surface area contributed by atoms with Crippen molar-refractivity contribution in [2.75, 3.05) is 0 Å². The van der Waals surface area contributed by atoms with Crippen LogP contribution in [-0.2, 0) is 19.3 Å². The van der Waals surface area contributed by atoms with Crippen molar-refractivity contribution in [3.8, 4) is 0 Å². The van der Waals surface area contributed by atoms with E-state index in [-0.39, 0.29) is 0 Å². The van der Waals surface area contributed by atoms with E-state index >= 15 is 0 Å². The Morgan fingerprint density at radius 1 is 1.19 bits per heavy atom. The number of aromatic amines is 1. The monoisotopic (exact) mass is 311 g/mol. The molecule has 1 aromatic carbocycles. The molecule has 3 rings (SSSR count). The van der Waals surface area contributed by atoms with Crippen LogP contribution in [0.25, 0.3) is 11.0 Å². The predicted octanol–water partition coefficient (Wildman–Crippen LogP) is 3.93. The lowest BCUT2D eigenvalue weighted by molar-refractivity contribution is -0.137. The Labute approximate surface area is 122 Å². The average Bonchev–Trinajstić information content (AvgIpc) is 3.05. The SMILES string of the molecule is FC(F)(F)c1ccc2nc(CNCc3cccs3)[nH]c2c1. The van der Waals surface area contributed by atoms with Crippen LogP contribution in [0.4, 0.5) is 13.2 Å². The maximum absolute atomic E-state index is 12.6. The topological polar surface area (TPSA) is 40.7 Å². The zero-order chi connectivity index (χ0) is 14.9. The Hall–Kier alpha value is -1.86. The summed E-state index contributed by atoms with van der Waals surface area (Å²) in [5.74, 6) is 0.626. The second-order valence-electron chi connectivity index (χ2n) is 4.60. The van der Waals surface area contributed by atoms with E-state index in [2.05, 4.69) is 15.3 Å². The number of hydrogen-bond donors (Lipinski definition) is 2. The lowest BCUT2D eigenvalue weighted by atomic mass is 10.2. The molecular weight excluding hydrogens is 299 g/mol. The van der Waals surface area contributed by atoms with Crippen molar-refractivity contribution >= 4 is 22.4 Å². The van der Waals surface area contributed by atoms with Crippen LogP contribution in [0, 0.1) is 0 Å². The van der Waals surface area contributed by atoms with Gasteiger partial charge in [-0.1, -0.05) is 6.07 Å². The zero-order valence-electron chi connectivity index (χ0n) is 10.9. The van der Waals surface area contributed by atoms with Crippen LogP contribution in [-0.4, -0.2) is 9.97 Å². The number of alkyl halides is 3. The van der Waals surface area contributed by atoms with Gasteiger partial charge in [-0.25, -0.2) is 4.98 Å². The Morgan fingerprint density at radius 3 is 2.76 bits per heavy atom. The molecule has 0 fully saturated rings.